The van der Waals surface area contributed by atoms with E-state index in [1.807, 2.05) is 23.1 Å². The van der Waals surface area contributed by atoms with Crippen LogP contribution in [0.4, 0.5) is 0 Å². The SMILES string of the molecule is O=C(OCc1cccc2c1OCCO2)[C@H]1CC(=O)N(C2CCCC2)C1. The largest absolute Gasteiger partial charge is 0.486 e. The molecule has 1 atom stereocenters. The first kappa shape index (κ1) is 16.2. The Bertz CT molecular complexity index is 668. The number of hydrogen-bond acceptors (Lipinski definition) is 5. The Hall–Kier alpha value is -2.24. The molecule has 1 saturated heterocycles. The van der Waals surface area contributed by atoms with Gasteiger partial charge in [-0.3, -0.25) is 9.59 Å². The van der Waals surface area contributed by atoms with Gasteiger partial charge >= 0.3 is 5.97 Å². The molecule has 2 heterocycles. The van der Waals surface area contributed by atoms with Crippen molar-refractivity contribution in [1.29, 1.82) is 0 Å². The van der Waals surface area contributed by atoms with Crippen LogP contribution in [0.2, 0.25) is 0 Å². The van der Waals surface area contributed by atoms with E-state index >= 15 is 0 Å². The fraction of sp³-hybridized carbons (Fsp3) is 0.579. The van der Waals surface area contributed by atoms with Gasteiger partial charge in [-0.05, 0) is 18.9 Å². The number of para-hydroxylation sites is 1. The maximum absolute atomic E-state index is 12.4. The van der Waals surface area contributed by atoms with Crippen molar-refractivity contribution in [3.63, 3.8) is 0 Å². The van der Waals surface area contributed by atoms with Crippen LogP contribution in [-0.2, 0) is 20.9 Å². The second kappa shape index (κ2) is 6.94. The Morgan fingerprint density at radius 3 is 2.84 bits per heavy atom. The second-order valence-electron chi connectivity index (χ2n) is 6.93. The molecule has 25 heavy (non-hydrogen) atoms. The summed E-state index contributed by atoms with van der Waals surface area (Å²) in [6, 6.07) is 5.88. The number of carbonyl (C=O) groups is 2. The summed E-state index contributed by atoms with van der Waals surface area (Å²) in [5, 5.41) is 0. The Labute approximate surface area is 147 Å². The summed E-state index contributed by atoms with van der Waals surface area (Å²) in [4.78, 5) is 26.5. The van der Waals surface area contributed by atoms with Crippen LogP contribution in [0.1, 0.15) is 37.7 Å². The summed E-state index contributed by atoms with van der Waals surface area (Å²) in [5.74, 6) is 0.760. The van der Waals surface area contributed by atoms with Crippen molar-refractivity contribution in [3.8, 4) is 11.5 Å². The van der Waals surface area contributed by atoms with Gasteiger partial charge in [0.2, 0.25) is 5.91 Å². The molecule has 0 spiro atoms. The summed E-state index contributed by atoms with van der Waals surface area (Å²) < 4.78 is 16.7. The predicted octanol–water partition coefficient (Wildman–Crippen LogP) is 2.29. The highest BCUT2D eigenvalue weighted by Gasteiger charge is 2.39. The van der Waals surface area contributed by atoms with Gasteiger partial charge < -0.3 is 19.1 Å². The first-order chi connectivity index (χ1) is 12.2. The van der Waals surface area contributed by atoms with Gasteiger partial charge in [0.15, 0.2) is 11.5 Å². The Morgan fingerprint density at radius 1 is 1.20 bits per heavy atom. The van der Waals surface area contributed by atoms with Crippen molar-refractivity contribution >= 4 is 11.9 Å². The number of nitrogens with zero attached hydrogens (tertiary/aromatic N) is 1. The molecule has 2 fully saturated rings. The molecule has 1 aliphatic carbocycles. The highest BCUT2D eigenvalue weighted by molar-refractivity contribution is 5.87. The molecule has 134 valence electrons. The van der Waals surface area contributed by atoms with Gasteiger partial charge in [0.05, 0.1) is 5.92 Å². The monoisotopic (exact) mass is 345 g/mol. The smallest absolute Gasteiger partial charge is 0.311 e. The maximum atomic E-state index is 12.4. The zero-order valence-electron chi connectivity index (χ0n) is 14.2. The van der Waals surface area contributed by atoms with Gasteiger partial charge in [-0.2, -0.15) is 0 Å². The average molecular weight is 345 g/mol. The Morgan fingerprint density at radius 2 is 2.00 bits per heavy atom. The first-order valence-corrected chi connectivity index (χ1v) is 9.06. The Kier molecular flexibility index (Phi) is 4.51. The van der Waals surface area contributed by atoms with Crippen LogP contribution in [0.25, 0.3) is 0 Å². The molecular weight excluding hydrogens is 322 g/mol. The highest BCUT2D eigenvalue weighted by Crippen LogP contribution is 2.34. The molecule has 0 radical (unpaired) electrons. The van der Waals surface area contributed by atoms with Crippen LogP contribution < -0.4 is 9.47 Å². The zero-order valence-corrected chi connectivity index (χ0v) is 14.2. The van der Waals surface area contributed by atoms with E-state index in [1.165, 1.54) is 12.8 Å². The lowest BCUT2D eigenvalue weighted by atomic mass is 10.1. The first-order valence-electron chi connectivity index (χ1n) is 9.06. The number of rotatable bonds is 4. The standard InChI is InChI=1S/C19H23NO5/c21-17-10-14(11-20(17)15-5-1-2-6-15)19(22)25-12-13-4-3-7-16-18(13)24-9-8-23-16/h3-4,7,14-15H,1-2,5-6,8-12H2/t14-/m0/s1. The van der Waals surface area contributed by atoms with Gasteiger partial charge in [-0.15, -0.1) is 0 Å². The van der Waals surface area contributed by atoms with Gasteiger partial charge in [0, 0.05) is 24.6 Å². The van der Waals surface area contributed by atoms with E-state index in [9.17, 15) is 9.59 Å². The van der Waals surface area contributed by atoms with Crippen LogP contribution in [0, 0.1) is 5.92 Å². The molecule has 1 aromatic carbocycles. The quantitative estimate of drug-likeness (QED) is 0.784. The third-order valence-electron chi connectivity index (χ3n) is 5.27. The van der Waals surface area contributed by atoms with Gasteiger partial charge in [0.1, 0.15) is 19.8 Å². The maximum Gasteiger partial charge on any atom is 0.311 e. The average Bonchev–Trinajstić information content (AvgIpc) is 3.29. The number of esters is 1. The van der Waals surface area contributed by atoms with Gasteiger partial charge in [-0.25, -0.2) is 0 Å². The van der Waals surface area contributed by atoms with E-state index in [0.29, 0.717) is 37.3 Å². The van der Waals surface area contributed by atoms with Crippen molar-refractivity contribution in [2.45, 2.75) is 44.8 Å². The molecular formula is C19H23NO5. The van der Waals surface area contributed by atoms with E-state index in [2.05, 4.69) is 0 Å². The van der Waals surface area contributed by atoms with Crippen molar-refractivity contribution in [2.24, 2.45) is 5.92 Å². The van der Waals surface area contributed by atoms with E-state index < -0.39 is 0 Å². The molecule has 1 amide bonds. The Balaban J connectivity index is 1.36. The predicted molar refractivity (Wildman–Crippen MR) is 89.3 cm³/mol. The lowest BCUT2D eigenvalue weighted by molar-refractivity contribution is -0.149. The number of carbonyl (C=O) groups excluding carboxylic acids is 2. The van der Waals surface area contributed by atoms with E-state index in [1.54, 1.807) is 0 Å². The lowest BCUT2D eigenvalue weighted by Crippen LogP contribution is -2.35. The van der Waals surface area contributed by atoms with E-state index in [0.717, 1.165) is 18.4 Å². The highest BCUT2D eigenvalue weighted by atomic mass is 16.6. The van der Waals surface area contributed by atoms with Crippen LogP contribution in [-0.4, -0.2) is 42.6 Å². The van der Waals surface area contributed by atoms with Crippen LogP contribution in [0.15, 0.2) is 18.2 Å². The van der Waals surface area contributed by atoms with Crippen LogP contribution in [0.5, 0.6) is 11.5 Å². The molecule has 0 unspecified atom stereocenters. The van der Waals surface area contributed by atoms with Crippen molar-refractivity contribution in [2.75, 3.05) is 19.8 Å². The molecule has 0 aromatic heterocycles. The second-order valence-corrected chi connectivity index (χ2v) is 6.93. The minimum atomic E-state index is -0.357. The van der Waals surface area contributed by atoms with E-state index in [-0.39, 0.29) is 30.8 Å². The topological polar surface area (TPSA) is 65.1 Å². The fourth-order valence-corrected chi connectivity index (χ4v) is 3.97. The number of likely N-dealkylation sites (tertiary alicyclic amines) is 1. The number of amides is 1. The summed E-state index contributed by atoms with van der Waals surface area (Å²) in [6.45, 7) is 1.65. The van der Waals surface area contributed by atoms with Gasteiger partial charge in [-0.1, -0.05) is 25.0 Å². The molecule has 0 bridgehead atoms. The summed E-state index contributed by atoms with van der Waals surface area (Å²) >= 11 is 0. The van der Waals surface area contributed by atoms with Gasteiger partial charge in [0.25, 0.3) is 0 Å². The lowest BCUT2D eigenvalue weighted by Gasteiger charge is -2.24. The molecule has 1 aromatic rings. The van der Waals surface area contributed by atoms with Crippen LogP contribution in [0.3, 0.4) is 0 Å². The number of hydrogen-bond donors (Lipinski definition) is 0. The van der Waals surface area contributed by atoms with E-state index in [4.69, 9.17) is 14.2 Å². The number of ether oxygens (including phenoxy) is 3. The molecule has 4 rings (SSSR count). The van der Waals surface area contributed by atoms with Crippen LogP contribution >= 0.6 is 0 Å². The fourth-order valence-electron chi connectivity index (χ4n) is 3.97. The molecule has 1 saturated carbocycles. The number of fused-ring (bicyclic) bond motifs is 1. The summed E-state index contributed by atoms with van der Waals surface area (Å²) in [7, 11) is 0. The molecule has 6 nitrogen and oxygen atoms in total. The molecule has 2 aliphatic heterocycles. The van der Waals surface area contributed by atoms with Crippen molar-refractivity contribution < 1.29 is 23.8 Å². The summed E-state index contributed by atoms with van der Waals surface area (Å²) in [5.41, 5.74) is 0.794. The third kappa shape index (κ3) is 3.30. The minimum absolute atomic E-state index is 0.0858. The van der Waals surface area contributed by atoms with Crippen molar-refractivity contribution in [1.82, 2.24) is 4.90 Å². The third-order valence-corrected chi connectivity index (χ3v) is 5.27. The minimum Gasteiger partial charge on any atom is -0.486 e. The van der Waals surface area contributed by atoms with Crippen molar-refractivity contribution in [3.05, 3.63) is 23.8 Å². The molecule has 6 heteroatoms. The molecule has 3 aliphatic rings. The number of benzene rings is 1. The zero-order chi connectivity index (χ0) is 17.2. The normalized spacial score (nSPS) is 23.1. The summed E-state index contributed by atoms with van der Waals surface area (Å²) in [6.07, 6.45) is 4.72. The molecule has 0 N–H and O–H groups in total.